The van der Waals surface area contributed by atoms with Gasteiger partial charge in [0.1, 0.15) is 11.7 Å². The highest BCUT2D eigenvalue weighted by Crippen LogP contribution is 2.22. The van der Waals surface area contributed by atoms with Crippen LogP contribution in [0.1, 0.15) is 30.5 Å². The van der Waals surface area contributed by atoms with Crippen LogP contribution in [0.15, 0.2) is 55.1 Å². The van der Waals surface area contributed by atoms with Gasteiger partial charge in [0.05, 0.1) is 12.0 Å². The van der Waals surface area contributed by atoms with E-state index in [9.17, 15) is 14.7 Å². The number of urea groups is 1. The van der Waals surface area contributed by atoms with Crippen molar-refractivity contribution < 1.29 is 14.7 Å². The normalized spacial score (nSPS) is 11.6. The summed E-state index contributed by atoms with van der Waals surface area (Å²) in [6.45, 7) is 2.59. The molecule has 156 valence electrons. The standard InChI is InChI=1S/C21H24N6O3/c1-2-9-23-21(30)26-15-4-6-16(7-5-15)27-12-18(25-13-27)17(20(28)29)10-14-3-8-19(22)24-11-14/h3-8,11-13,17H,2,9-10H2,1H3,(H2,22,24)(H,28,29)(H2,23,26,30). The van der Waals surface area contributed by atoms with Gasteiger partial charge in [-0.25, -0.2) is 14.8 Å². The Balaban J connectivity index is 1.71. The third-order valence-electron chi connectivity index (χ3n) is 4.50. The Labute approximate surface area is 174 Å². The highest BCUT2D eigenvalue weighted by Gasteiger charge is 2.23. The number of hydrogen-bond acceptors (Lipinski definition) is 5. The van der Waals surface area contributed by atoms with Crippen LogP contribution < -0.4 is 16.4 Å². The van der Waals surface area contributed by atoms with Crippen LogP contribution in [0.2, 0.25) is 0 Å². The van der Waals surface area contributed by atoms with Gasteiger partial charge in [0, 0.05) is 30.3 Å². The summed E-state index contributed by atoms with van der Waals surface area (Å²) in [6, 6.07) is 10.3. The Kier molecular flexibility index (Phi) is 6.63. The van der Waals surface area contributed by atoms with Gasteiger partial charge in [0.2, 0.25) is 0 Å². The number of carboxylic acids is 1. The molecule has 0 spiro atoms. The van der Waals surface area contributed by atoms with E-state index in [2.05, 4.69) is 20.6 Å². The number of carbonyl (C=O) groups excluding carboxylic acids is 1. The summed E-state index contributed by atoms with van der Waals surface area (Å²) in [5, 5.41) is 15.2. The van der Waals surface area contributed by atoms with Crippen LogP contribution in [0.4, 0.5) is 16.3 Å². The molecule has 2 aromatic heterocycles. The topological polar surface area (TPSA) is 135 Å². The highest BCUT2D eigenvalue weighted by molar-refractivity contribution is 5.89. The molecule has 5 N–H and O–H groups in total. The number of nitrogens with two attached hydrogens (primary N) is 1. The van der Waals surface area contributed by atoms with Gasteiger partial charge in [-0.05, 0) is 48.7 Å². The third kappa shape index (κ3) is 5.34. The number of hydrogen-bond donors (Lipinski definition) is 4. The average Bonchev–Trinajstić information content (AvgIpc) is 3.22. The lowest BCUT2D eigenvalue weighted by Crippen LogP contribution is -2.29. The predicted molar refractivity (Wildman–Crippen MR) is 114 cm³/mol. The van der Waals surface area contributed by atoms with E-state index in [0.717, 1.165) is 17.7 Å². The lowest BCUT2D eigenvalue weighted by Gasteiger charge is -2.10. The minimum Gasteiger partial charge on any atom is -0.481 e. The van der Waals surface area contributed by atoms with E-state index in [4.69, 9.17) is 5.73 Å². The lowest BCUT2D eigenvalue weighted by atomic mass is 9.98. The van der Waals surface area contributed by atoms with Crippen molar-refractivity contribution in [3.05, 3.63) is 66.4 Å². The van der Waals surface area contributed by atoms with Crippen LogP contribution in [-0.2, 0) is 11.2 Å². The Morgan fingerprint density at radius 2 is 1.93 bits per heavy atom. The molecule has 2 amide bonds. The maximum atomic E-state index is 11.8. The molecule has 0 aliphatic rings. The molecule has 3 rings (SSSR count). The van der Waals surface area contributed by atoms with Crippen LogP contribution in [0.5, 0.6) is 0 Å². The second-order valence-electron chi connectivity index (χ2n) is 6.82. The van der Waals surface area contributed by atoms with Gasteiger partial charge in [0.15, 0.2) is 0 Å². The summed E-state index contributed by atoms with van der Waals surface area (Å²) in [4.78, 5) is 31.8. The molecule has 0 saturated heterocycles. The van der Waals surface area contributed by atoms with Crippen LogP contribution in [0.3, 0.4) is 0 Å². The van der Waals surface area contributed by atoms with Crippen molar-refractivity contribution in [3.63, 3.8) is 0 Å². The Morgan fingerprint density at radius 3 is 2.57 bits per heavy atom. The van der Waals surface area contributed by atoms with E-state index in [0.29, 0.717) is 23.7 Å². The summed E-state index contributed by atoms with van der Waals surface area (Å²) < 4.78 is 1.74. The maximum absolute atomic E-state index is 11.8. The van der Waals surface area contributed by atoms with Crippen LogP contribution >= 0.6 is 0 Å². The minimum atomic E-state index is -0.963. The van der Waals surface area contributed by atoms with Crippen molar-refractivity contribution in [2.24, 2.45) is 0 Å². The molecule has 1 atom stereocenters. The molecule has 0 fully saturated rings. The van der Waals surface area contributed by atoms with Crippen molar-refractivity contribution in [1.82, 2.24) is 19.9 Å². The van der Waals surface area contributed by atoms with Crippen molar-refractivity contribution >= 4 is 23.5 Å². The first-order valence-corrected chi connectivity index (χ1v) is 9.58. The number of carbonyl (C=O) groups is 2. The molecule has 9 nitrogen and oxygen atoms in total. The largest absolute Gasteiger partial charge is 0.481 e. The third-order valence-corrected chi connectivity index (χ3v) is 4.50. The predicted octanol–water partition coefficient (Wildman–Crippen LogP) is 2.79. The number of nitrogen functional groups attached to an aromatic ring is 1. The molecule has 0 aliphatic carbocycles. The van der Waals surface area contributed by atoms with E-state index in [1.165, 1.54) is 0 Å². The molecule has 0 saturated carbocycles. The number of carboxylic acid groups (broad SMARTS) is 1. The number of rotatable bonds is 8. The molecule has 9 heteroatoms. The van der Waals surface area contributed by atoms with Gasteiger partial charge in [0.25, 0.3) is 0 Å². The summed E-state index contributed by atoms with van der Waals surface area (Å²) in [5.74, 6) is -1.38. The molecule has 30 heavy (non-hydrogen) atoms. The first-order valence-electron chi connectivity index (χ1n) is 9.58. The van der Waals surface area contributed by atoms with Crippen molar-refractivity contribution in [2.75, 3.05) is 17.6 Å². The number of anilines is 2. The number of benzene rings is 1. The van der Waals surface area contributed by atoms with Crippen LogP contribution in [0, 0.1) is 0 Å². The smallest absolute Gasteiger partial charge is 0.319 e. The SMILES string of the molecule is CCCNC(=O)Nc1ccc(-n2cnc(C(Cc3ccc(N)nc3)C(=O)O)c2)cc1. The molecule has 1 aromatic carbocycles. The van der Waals surface area contributed by atoms with Gasteiger partial charge in [-0.2, -0.15) is 0 Å². The van der Waals surface area contributed by atoms with Crippen LogP contribution in [-0.4, -0.2) is 38.2 Å². The molecular weight excluding hydrogens is 384 g/mol. The monoisotopic (exact) mass is 408 g/mol. The average molecular weight is 408 g/mol. The van der Waals surface area contributed by atoms with Gasteiger partial charge in [-0.3, -0.25) is 4.79 Å². The van der Waals surface area contributed by atoms with E-state index in [1.807, 2.05) is 19.1 Å². The summed E-state index contributed by atoms with van der Waals surface area (Å²) in [7, 11) is 0. The minimum absolute atomic E-state index is 0.254. The zero-order valence-electron chi connectivity index (χ0n) is 16.6. The summed E-state index contributed by atoms with van der Waals surface area (Å²) in [6.07, 6.45) is 5.96. The van der Waals surface area contributed by atoms with E-state index in [1.54, 1.807) is 47.6 Å². The zero-order valence-corrected chi connectivity index (χ0v) is 16.6. The highest BCUT2D eigenvalue weighted by atomic mass is 16.4. The Hall–Kier alpha value is -3.88. The molecule has 1 unspecified atom stereocenters. The molecule has 3 aromatic rings. The van der Waals surface area contributed by atoms with Gasteiger partial charge < -0.3 is 26.0 Å². The molecule has 0 aliphatic heterocycles. The van der Waals surface area contributed by atoms with Crippen molar-refractivity contribution in [3.8, 4) is 5.69 Å². The summed E-state index contributed by atoms with van der Waals surface area (Å²) >= 11 is 0. The fourth-order valence-corrected chi connectivity index (χ4v) is 2.90. The lowest BCUT2D eigenvalue weighted by molar-refractivity contribution is -0.138. The first-order chi connectivity index (χ1) is 14.5. The van der Waals surface area contributed by atoms with E-state index < -0.39 is 11.9 Å². The number of pyridine rings is 1. The molecular formula is C21H24N6O3. The van der Waals surface area contributed by atoms with Gasteiger partial charge in [-0.15, -0.1) is 0 Å². The Bertz CT molecular complexity index is 998. The van der Waals surface area contributed by atoms with Gasteiger partial charge in [-0.1, -0.05) is 13.0 Å². The Morgan fingerprint density at radius 1 is 1.17 bits per heavy atom. The van der Waals surface area contributed by atoms with E-state index >= 15 is 0 Å². The first kappa shape index (κ1) is 20.8. The van der Waals surface area contributed by atoms with E-state index in [-0.39, 0.29) is 12.5 Å². The number of amides is 2. The molecule has 2 heterocycles. The second-order valence-corrected chi connectivity index (χ2v) is 6.82. The molecule has 0 bridgehead atoms. The zero-order chi connectivity index (χ0) is 21.5. The number of nitrogens with one attached hydrogen (secondary N) is 2. The van der Waals surface area contributed by atoms with Crippen molar-refractivity contribution in [2.45, 2.75) is 25.7 Å². The number of aromatic nitrogens is 3. The number of aliphatic carboxylic acids is 1. The number of imidazole rings is 1. The van der Waals surface area contributed by atoms with Crippen molar-refractivity contribution in [1.29, 1.82) is 0 Å². The summed E-state index contributed by atoms with van der Waals surface area (Å²) in [5.41, 5.74) is 8.25. The fourth-order valence-electron chi connectivity index (χ4n) is 2.90. The fraction of sp³-hybridized carbons (Fsp3) is 0.238. The number of nitrogens with zero attached hydrogens (tertiary/aromatic N) is 3. The second kappa shape index (κ2) is 9.55. The quantitative estimate of drug-likeness (QED) is 0.453. The van der Waals surface area contributed by atoms with Crippen LogP contribution in [0.25, 0.3) is 5.69 Å². The van der Waals surface area contributed by atoms with Gasteiger partial charge >= 0.3 is 12.0 Å². The maximum Gasteiger partial charge on any atom is 0.319 e. The molecule has 0 radical (unpaired) electrons.